The molecule has 0 aliphatic carbocycles. The highest BCUT2D eigenvalue weighted by atomic mass is 31.2. The van der Waals surface area contributed by atoms with Gasteiger partial charge in [0.2, 0.25) is 0 Å². The first-order valence-corrected chi connectivity index (χ1v) is 9.67. The van der Waals surface area contributed by atoms with Gasteiger partial charge in [0.1, 0.15) is 5.75 Å². The lowest BCUT2D eigenvalue weighted by molar-refractivity contribution is 0.228. The molecular formula is C19H18NO4P. The molecule has 25 heavy (non-hydrogen) atoms. The molecule has 5 nitrogen and oxygen atoms in total. The quantitative estimate of drug-likeness (QED) is 0.708. The van der Waals surface area contributed by atoms with Crippen molar-refractivity contribution in [1.29, 1.82) is 0 Å². The summed E-state index contributed by atoms with van der Waals surface area (Å²) in [6.07, 6.45) is 0. The minimum absolute atomic E-state index is 0.159. The summed E-state index contributed by atoms with van der Waals surface area (Å²) < 4.78 is 21.4. The largest absolute Gasteiger partial charge is 0.437 e. The Kier molecular flexibility index (Phi) is 3.80. The Morgan fingerprint density at radius 1 is 1.04 bits per heavy atom. The molecule has 2 N–H and O–H groups in total. The van der Waals surface area contributed by atoms with Crippen molar-refractivity contribution in [1.82, 2.24) is 4.57 Å². The van der Waals surface area contributed by atoms with Gasteiger partial charge in [0.05, 0.1) is 17.6 Å². The van der Waals surface area contributed by atoms with Crippen LogP contribution in [0.2, 0.25) is 0 Å². The van der Waals surface area contributed by atoms with Gasteiger partial charge >= 0.3 is 7.37 Å². The molecule has 0 fully saturated rings. The van der Waals surface area contributed by atoms with E-state index >= 15 is 0 Å². The molecule has 2 atom stereocenters. The zero-order valence-electron chi connectivity index (χ0n) is 13.7. The van der Waals surface area contributed by atoms with Gasteiger partial charge in [-0.3, -0.25) is 4.57 Å². The molecule has 2 heterocycles. The van der Waals surface area contributed by atoms with E-state index in [1.165, 1.54) is 0 Å². The van der Waals surface area contributed by atoms with Gasteiger partial charge in [0, 0.05) is 18.3 Å². The highest BCUT2D eigenvalue weighted by molar-refractivity contribution is 7.68. The third-order valence-corrected chi connectivity index (χ3v) is 7.10. The molecule has 2 aromatic carbocycles. The molecule has 1 aromatic heterocycles. The predicted molar refractivity (Wildman–Crippen MR) is 96.0 cm³/mol. The minimum Gasteiger partial charge on any atom is -0.437 e. The first-order valence-electron chi connectivity index (χ1n) is 7.98. The Balaban J connectivity index is 1.90. The standard InChI is InChI=1S/C19H18NO4P/c1-20-13(12-21)10-11-16(20)19(22)25(23)18-9-5-3-7-15(18)14-6-2-4-8-17(14)24-25/h2-11,19,21-22H,12H2,1H3. The van der Waals surface area contributed by atoms with Crippen molar-refractivity contribution >= 4 is 12.7 Å². The fraction of sp³-hybridized carbons (Fsp3) is 0.158. The average molecular weight is 355 g/mol. The summed E-state index contributed by atoms with van der Waals surface area (Å²) in [7, 11) is -1.90. The second kappa shape index (κ2) is 5.88. The molecule has 1 aliphatic heterocycles. The van der Waals surface area contributed by atoms with Crippen LogP contribution < -0.4 is 9.83 Å². The molecule has 0 saturated carbocycles. The number of rotatable bonds is 3. The van der Waals surface area contributed by atoms with Crippen molar-refractivity contribution in [2.45, 2.75) is 12.5 Å². The molecule has 2 unspecified atom stereocenters. The number of benzene rings is 2. The number of hydrogen-bond acceptors (Lipinski definition) is 4. The number of hydrogen-bond donors (Lipinski definition) is 2. The van der Waals surface area contributed by atoms with Crippen LogP contribution in [0.15, 0.2) is 60.7 Å². The van der Waals surface area contributed by atoms with Gasteiger partial charge in [-0.2, -0.15) is 0 Å². The van der Waals surface area contributed by atoms with Crippen molar-refractivity contribution in [2.24, 2.45) is 7.05 Å². The zero-order chi connectivity index (χ0) is 17.6. The molecule has 0 radical (unpaired) electrons. The van der Waals surface area contributed by atoms with E-state index in [0.717, 1.165) is 11.1 Å². The van der Waals surface area contributed by atoms with Crippen LogP contribution in [0.25, 0.3) is 11.1 Å². The lowest BCUT2D eigenvalue weighted by Gasteiger charge is -2.31. The van der Waals surface area contributed by atoms with Gasteiger partial charge in [-0.15, -0.1) is 0 Å². The van der Waals surface area contributed by atoms with Gasteiger partial charge < -0.3 is 19.3 Å². The Morgan fingerprint density at radius 3 is 2.44 bits per heavy atom. The van der Waals surface area contributed by atoms with Crippen LogP contribution in [0.1, 0.15) is 17.2 Å². The van der Waals surface area contributed by atoms with E-state index < -0.39 is 13.2 Å². The number of aromatic nitrogens is 1. The summed E-state index contributed by atoms with van der Waals surface area (Å²) in [6, 6.07) is 18.1. The summed E-state index contributed by atoms with van der Waals surface area (Å²) in [4.78, 5) is 0. The SMILES string of the molecule is Cn1c(CO)ccc1C(O)P1(=O)Oc2ccccc2-c2ccccc21. The van der Waals surface area contributed by atoms with Crippen molar-refractivity contribution in [3.63, 3.8) is 0 Å². The number of para-hydroxylation sites is 1. The van der Waals surface area contributed by atoms with E-state index in [1.807, 2.05) is 30.3 Å². The maximum Gasteiger partial charge on any atom is 0.311 e. The van der Waals surface area contributed by atoms with Crippen LogP contribution in [0.4, 0.5) is 0 Å². The highest BCUT2D eigenvalue weighted by Gasteiger charge is 2.44. The van der Waals surface area contributed by atoms with E-state index in [-0.39, 0.29) is 6.61 Å². The van der Waals surface area contributed by atoms with E-state index in [1.54, 1.807) is 41.9 Å². The second-order valence-corrected chi connectivity index (χ2v) is 8.39. The summed E-state index contributed by atoms with van der Waals surface area (Å²) in [6.45, 7) is -0.159. The number of fused-ring (bicyclic) bond motifs is 3. The molecular weight excluding hydrogens is 337 g/mol. The smallest absolute Gasteiger partial charge is 0.311 e. The molecule has 6 heteroatoms. The lowest BCUT2D eigenvalue weighted by Crippen LogP contribution is -2.23. The average Bonchev–Trinajstić information content (AvgIpc) is 3.02. The molecule has 1 aliphatic rings. The number of aliphatic hydroxyl groups excluding tert-OH is 2. The Morgan fingerprint density at radius 2 is 1.72 bits per heavy atom. The highest BCUT2D eigenvalue weighted by Crippen LogP contribution is 2.62. The van der Waals surface area contributed by atoms with Crippen LogP contribution in [-0.2, 0) is 18.2 Å². The first kappa shape index (κ1) is 16.2. The second-order valence-electron chi connectivity index (χ2n) is 6.04. The van der Waals surface area contributed by atoms with Gasteiger partial charge in [0.25, 0.3) is 0 Å². The fourth-order valence-corrected chi connectivity index (χ4v) is 5.63. The maximum absolute atomic E-state index is 13.8. The summed E-state index contributed by atoms with van der Waals surface area (Å²) in [5, 5.41) is 20.9. The number of aliphatic hydroxyl groups is 2. The van der Waals surface area contributed by atoms with Crippen molar-refractivity contribution in [3.05, 3.63) is 72.1 Å². The van der Waals surface area contributed by atoms with Gasteiger partial charge in [-0.05, 0) is 29.8 Å². The minimum atomic E-state index is -3.62. The maximum atomic E-state index is 13.8. The molecule has 0 bridgehead atoms. The third-order valence-electron chi connectivity index (χ3n) is 4.66. The zero-order valence-corrected chi connectivity index (χ0v) is 14.6. The summed E-state index contributed by atoms with van der Waals surface area (Å²) >= 11 is 0. The predicted octanol–water partition coefficient (Wildman–Crippen LogP) is 3.17. The summed E-state index contributed by atoms with van der Waals surface area (Å²) in [5.41, 5.74) is 2.75. The Hall–Kier alpha value is -2.33. The fourth-order valence-electron chi connectivity index (χ4n) is 3.28. The van der Waals surface area contributed by atoms with Crippen LogP contribution >= 0.6 is 7.37 Å². The van der Waals surface area contributed by atoms with Crippen molar-refractivity contribution < 1.29 is 19.3 Å². The van der Waals surface area contributed by atoms with Gasteiger partial charge in [-0.25, -0.2) is 0 Å². The lowest BCUT2D eigenvalue weighted by atomic mass is 10.0. The van der Waals surface area contributed by atoms with Crippen LogP contribution in [-0.4, -0.2) is 14.8 Å². The van der Waals surface area contributed by atoms with Crippen molar-refractivity contribution in [2.75, 3.05) is 0 Å². The first-order chi connectivity index (χ1) is 12.1. The van der Waals surface area contributed by atoms with Crippen LogP contribution in [0.3, 0.4) is 0 Å². The molecule has 0 saturated heterocycles. The number of nitrogens with zero attached hydrogens (tertiary/aromatic N) is 1. The van der Waals surface area contributed by atoms with E-state index in [4.69, 9.17) is 4.52 Å². The molecule has 3 aromatic rings. The van der Waals surface area contributed by atoms with Crippen LogP contribution in [0.5, 0.6) is 5.75 Å². The molecule has 0 amide bonds. The third kappa shape index (κ3) is 2.35. The van der Waals surface area contributed by atoms with Gasteiger partial charge in [0.15, 0.2) is 5.85 Å². The van der Waals surface area contributed by atoms with E-state index in [9.17, 15) is 14.8 Å². The molecule has 128 valence electrons. The monoisotopic (exact) mass is 355 g/mol. The summed E-state index contributed by atoms with van der Waals surface area (Å²) in [5.74, 6) is -0.826. The van der Waals surface area contributed by atoms with Crippen molar-refractivity contribution in [3.8, 4) is 16.9 Å². The van der Waals surface area contributed by atoms with Gasteiger partial charge in [-0.1, -0.05) is 36.4 Å². The van der Waals surface area contributed by atoms with Crippen LogP contribution in [0, 0.1) is 0 Å². The normalized spacial score (nSPS) is 19.6. The molecule has 4 rings (SSSR count). The van der Waals surface area contributed by atoms with E-state index in [0.29, 0.717) is 22.4 Å². The molecule has 0 spiro atoms. The topological polar surface area (TPSA) is 71.7 Å². The van der Waals surface area contributed by atoms with E-state index in [2.05, 4.69) is 0 Å². The Bertz CT molecular complexity index is 995. The Labute approximate surface area is 145 Å².